The molecular weight excluding hydrogens is 368 g/mol. The summed E-state index contributed by atoms with van der Waals surface area (Å²) in [5.74, 6) is 0. The molecule has 1 aliphatic heterocycles. The third-order valence-corrected chi connectivity index (χ3v) is 6.44. The van der Waals surface area contributed by atoms with Crippen LogP contribution in [0.5, 0.6) is 0 Å². The molecule has 0 atom stereocenters. The molecule has 2 aromatic carbocycles. The first-order valence-corrected chi connectivity index (χ1v) is 10.2. The quantitative estimate of drug-likeness (QED) is 0.601. The Morgan fingerprint density at radius 3 is 2.33 bits per heavy atom. The topological polar surface area (TPSA) is 95.8 Å². The highest BCUT2D eigenvalue weighted by Crippen LogP contribution is 2.30. The van der Waals surface area contributed by atoms with E-state index in [0.717, 1.165) is 5.69 Å². The molecule has 27 heavy (non-hydrogen) atoms. The van der Waals surface area contributed by atoms with E-state index in [1.165, 1.54) is 10.4 Å². The number of anilines is 2. The zero-order valence-corrected chi connectivity index (χ0v) is 15.9. The Kier molecular flexibility index (Phi) is 5.62. The van der Waals surface area contributed by atoms with Gasteiger partial charge in [0.25, 0.3) is 5.69 Å². The van der Waals surface area contributed by atoms with Crippen molar-refractivity contribution in [1.29, 1.82) is 0 Å². The molecule has 0 spiro atoms. The van der Waals surface area contributed by atoms with E-state index < -0.39 is 14.9 Å². The lowest BCUT2D eigenvalue weighted by Gasteiger charge is -2.35. The number of hydrogen-bond acceptors (Lipinski definition) is 6. The summed E-state index contributed by atoms with van der Waals surface area (Å²) in [7, 11) is -3.50. The van der Waals surface area contributed by atoms with Gasteiger partial charge in [-0.2, -0.15) is 4.31 Å². The smallest absolute Gasteiger partial charge is 0.292 e. The fraction of sp³-hybridized carbons (Fsp3) is 0.333. The van der Waals surface area contributed by atoms with Crippen LogP contribution in [0.15, 0.2) is 53.4 Å². The van der Waals surface area contributed by atoms with Crippen LogP contribution in [-0.2, 0) is 10.0 Å². The molecule has 0 radical (unpaired) electrons. The number of piperazine rings is 1. The van der Waals surface area contributed by atoms with E-state index in [0.29, 0.717) is 43.3 Å². The molecule has 0 saturated carbocycles. The maximum absolute atomic E-state index is 12.7. The van der Waals surface area contributed by atoms with E-state index in [1.807, 2.05) is 11.8 Å². The normalized spacial score (nSPS) is 15.5. The SMILES string of the molecule is CCNc1cc(N2CCN(S(=O)(=O)c3ccccc3)CC2)ccc1[N+](=O)[O-]. The van der Waals surface area contributed by atoms with Crippen LogP contribution in [0.1, 0.15) is 6.92 Å². The Morgan fingerprint density at radius 1 is 1.07 bits per heavy atom. The number of nitrogens with one attached hydrogen (secondary N) is 1. The summed E-state index contributed by atoms with van der Waals surface area (Å²) < 4.78 is 26.9. The average molecular weight is 390 g/mol. The summed E-state index contributed by atoms with van der Waals surface area (Å²) in [6, 6.07) is 13.4. The maximum Gasteiger partial charge on any atom is 0.292 e. The van der Waals surface area contributed by atoms with Crippen molar-refractivity contribution in [2.75, 3.05) is 42.9 Å². The monoisotopic (exact) mass is 390 g/mol. The molecular formula is C18H22N4O4S. The number of nitro benzene ring substituents is 1. The van der Waals surface area contributed by atoms with Gasteiger partial charge in [-0.3, -0.25) is 10.1 Å². The molecule has 1 saturated heterocycles. The average Bonchev–Trinajstić information content (AvgIpc) is 2.69. The van der Waals surface area contributed by atoms with Gasteiger partial charge in [0.15, 0.2) is 0 Å². The molecule has 9 heteroatoms. The summed E-state index contributed by atoms with van der Waals surface area (Å²) in [6.07, 6.45) is 0. The predicted molar refractivity (Wildman–Crippen MR) is 105 cm³/mol. The highest BCUT2D eigenvalue weighted by Gasteiger charge is 2.28. The minimum Gasteiger partial charge on any atom is -0.380 e. The molecule has 0 amide bonds. The molecule has 144 valence electrons. The Bertz CT molecular complexity index is 910. The summed E-state index contributed by atoms with van der Waals surface area (Å²) >= 11 is 0. The molecule has 3 rings (SSSR count). The van der Waals surface area contributed by atoms with Crippen LogP contribution in [-0.4, -0.2) is 50.4 Å². The van der Waals surface area contributed by atoms with E-state index >= 15 is 0 Å². The number of sulfonamides is 1. The van der Waals surface area contributed by atoms with E-state index in [4.69, 9.17) is 0 Å². The Balaban J connectivity index is 1.74. The van der Waals surface area contributed by atoms with E-state index in [2.05, 4.69) is 5.32 Å². The fourth-order valence-corrected chi connectivity index (χ4v) is 4.58. The van der Waals surface area contributed by atoms with Crippen LogP contribution in [0.2, 0.25) is 0 Å². The zero-order valence-electron chi connectivity index (χ0n) is 15.0. The lowest BCUT2D eigenvalue weighted by atomic mass is 10.2. The van der Waals surface area contributed by atoms with Crippen LogP contribution >= 0.6 is 0 Å². The molecule has 0 aromatic heterocycles. The second-order valence-corrected chi connectivity index (χ2v) is 8.13. The molecule has 0 aliphatic carbocycles. The van der Waals surface area contributed by atoms with Crippen molar-refractivity contribution in [2.24, 2.45) is 0 Å². The van der Waals surface area contributed by atoms with Crippen molar-refractivity contribution in [1.82, 2.24) is 4.31 Å². The first-order valence-electron chi connectivity index (χ1n) is 8.76. The minimum atomic E-state index is -3.50. The van der Waals surface area contributed by atoms with Crippen molar-refractivity contribution in [3.63, 3.8) is 0 Å². The molecule has 1 N–H and O–H groups in total. The minimum absolute atomic E-state index is 0.0332. The Labute approximate surface area is 158 Å². The molecule has 2 aromatic rings. The number of nitro groups is 1. The van der Waals surface area contributed by atoms with Gasteiger partial charge >= 0.3 is 0 Å². The first-order chi connectivity index (χ1) is 12.9. The van der Waals surface area contributed by atoms with E-state index in [-0.39, 0.29) is 5.69 Å². The largest absolute Gasteiger partial charge is 0.380 e. The van der Waals surface area contributed by atoms with Gasteiger partial charge in [0, 0.05) is 44.5 Å². The lowest BCUT2D eigenvalue weighted by molar-refractivity contribution is -0.383. The second-order valence-electron chi connectivity index (χ2n) is 6.19. The maximum atomic E-state index is 12.7. The Morgan fingerprint density at radius 2 is 1.74 bits per heavy atom. The van der Waals surface area contributed by atoms with E-state index in [9.17, 15) is 18.5 Å². The first kappa shape index (κ1) is 19.1. The van der Waals surface area contributed by atoms with Crippen molar-refractivity contribution < 1.29 is 13.3 Å². The number of nitrogens with zero attached hydrogens (tertiary/aromatic N) is 3. The molecule has 8 nitrogen and oxygen atoms in total. The number of hydrogen-bond donors (Lipinski definition) is 1. The Hall–Kier alpha value is -2.65. The van der Waals surface area contributed by atoms with Gasteiger partial charge < -0.3 is 10.2 Å². The third kappa shape index (κ3) is 4.04. The van der Waals surface area contributed by atoms with E-state index in [1.54, 1.807) is 42.5 Å². The zero-order chi connectivity index (χ0) is 19.4. The van der Waals surface area contributed by atoms with Gasteiger partial charge in [-0.05, 0) is 31.2 Å². The molecule has 0 unspecified atom stereocenters. The second kappa shape index (κ2) is 7.93. The van der Waals surface area contributed by atoms with Crippen LogP contribution in [0, 0.1) is 10.1 Å². The van der Waals surface area contributed by atoms with Crippen molar-refractivity contribution in [3.05, 3.63) is 58.6 Å². The van der Waals surface area contributed by atoms with Crippen LogP contribution in [0.3, 0.4) is 0 Å². The summed E-state index contributed by atoms with van der Waals surface area (Å²) in [6.45, 7) is 4.23. The molecule has 0 bridgehead atoms. The van der Waals surface area contributed by atoms with Gasteiger partial charge in [0.1, 0.15) is 5.69 Å². The van der Waals surface area contributed by atoms with Gasteiger partial charge in [-0.1, -0.05) is 18.2 Å². The van der Waals surface area contributed by atoms with Crippen molar-refractivity contribution in [2.45, 2.75) is 11.8 Å². The highest BCUT2D eigenvalue weighted by molar-refractivity contribution is 7.89. The van der Waals surface area contributed by atoms with Crippen LogP contribution < -0.4 is 10.2 Å². The van der Waals surface area contributed by atoms with Crippen molar-refractivity contribution in [3.8, 4) is 0 Å². The highest BCUT2D eigenvalue weighted by atomic mass is 32.2. The standard InChI is InChI=1S/C18H22N4O4S/c1-2-19-17-14-15(8-9-18(17)22(23)24)20-10-12-21(13-11-20)27(25,26)16-6-4-3-5-7-16/h3-9,14,19H,2,10-13H2,1H3. The predicted octanol–water partition coefficient (Wildman–Crippen LogP) is 2.54. The third-order valence-electron chi connectivity index (χ3n) is 4.53. The summed E-state index contributed by atoms with van der Waals surface area (Å²) in [5.41, 5.74) is 1.35. The van der Waals surface area contributed by atoms with Gasteiger partial charge in [0.05, 0.1) is 9.82 Å². The molecule has 1 heterocycles. The molecule has 1 aliphatic rings. The van der Waals surface area contributed by atoms with Crippen LogP contribution in [0.4, 0.5) is 17.1 Å². The number of benzene rings is 2. The van der Waals surface area contributed by atoms with Crippen LogP contribution in [0.25, 0.3) is 0 Å². The van der Waals surface area contributed by atoms with Gasteiger partial charge in [-0.15, -0.1) is 0 Å². The van der Waals surface area contributed by atoms with Crippen molar-refractivity contribution >= 4 is 27.1 Å². The molecule has 1 fully saturated rings. The summed E-state index contributed by atoms with van der Waals surface area (Å²) in [5, 5.41) is 14.2. The van der Waals surface area contributed by atoms with Gasteiger partial charge in [-0.25, -0.2) is 8.42 Å². The fourth-order valence-electron chi connectivity index (χ4n) is 3.14. The number of rotatable bonds is 6. The summed E-state index contributed by atoms with van der Waals surface area (Å²) in [4.78, 5) is 13.1. The lowest BCUT2D eigenvalue weighted by Crippen LogP contribution is -2.48. The van der Waals surface area contributed by atoms with Gasteiger partial charge in [0.2, 0.25) is 10.0 Å².